The molecule has 3 nitrogen and oxygen atoms in total. The van der Waals surface area contributed by atoms with Gasteiger partial charge in [0.25, 0.3) is 0 Å². The van der Waals surface area contributed by atoms with E-state index in [1.54, 1.807) is 0 Å². The molecule has 188 valence electrons. The normalized spacial score (nSPS) is 12.0. The number of azo groups is 1. The van der Waals surface area contributed by atoms with Crippen LogP contribution in [0.25, 0.3) is 0 Å². The van der Waals surface area contributed by atoms with E-state index >= 15 is 0 Å². The molecule has 2 rings (SSSR count). The Bertz CT molecular complexity index is 908. The molecule has 2 aromatic carbocycles. The van der Waals surface area contributed by atoms with Crippen LogP contribution in [0.1, 0.15) is 114 Å². The molecule has 0 N–H and O–H groups in total. The van der Waals surface area contributed by atoms with Gasteiger partial charge < -0.3 is 4.74 Å². The molecule has 0 amide bonds. The van der Waals surface area contributed by atoms with E-state index in [4.69, 9.17) is 4.74 Å². The van der Waals surface area contributed by atoms with Gasteiger partial charge in [0.05, 0.1) is 18.0 Å². The summed E-state index contributed by atoms with van der Waals surface area (Å²) < 4.78 is 6.34. The second-order valence-electron chi connectivity index (χ2n) is 10.9. The molecule has 0 aliphatic carbocycles. The number of nitrogens with zero attached hydrogens (tertiary/aromatic N) is 2. The first-order valence-electron chi connectivity index (χ1n) is 13.5. The molecule has 0 bridgehead atoms. The Morgan fingerprint density at radius 3 is 1.79 bits per heavy atom. The highest BCUT2D eigenvalue weighted by Gasteiger charge is 2.21. The first kappa shape index (κ1) is 28.1. The van der Waals surface area contributed by atoms with Crippen molar-refractivity contribution in [2.75, 3.05) is 6.61 Å². The summed E-state index contributed by atoms with van der Waals surface area (Å²) in [6.07, 6.45) is 13.4. The number of hydrogen-bond donors (Lipinski definition) is 0. The topological polar surface area (TPSA) is 34.0 Å². The maximum Gasteiger partial charge on any atom is 0.126 e. The molecule has 0 aliphatic rings. The Kier molecular flexibility index (Phi) is 11.8. The maximum atomic E-state index is 6.34. The van der Waals surface area contributed by atoms with Gasteiger partial charge in [-0.1, -0.05) is 91.5 Å². The third-order valence-electron chi connectivity index (χ3n) is 6.58. The fourth-order valence-electron chi connectivity index (χ4n) is 4.23. The van der Waals surface area contributed by atoms with Gasteiger partial charge in [-0.15, -0.1) is 0 Å². The number of rotatable bonds is 14. The molecule has 3 heteroatoms. The van der Waals surface area contributed by atoms with Gasteiger partial charge in [0.1, 0.15) is 5.75 Å². The molecule has 0 aromatic heterocycles. The van der Waals surface area contributed by atoms with Crippen LogP contribution >= 0.6 is 0 Å². The molecule has 0 saturated heterocycles. The quantitative estimate of drug-likeness (QED) is 0.202. The van der Waals surface area contributed by atoms with E-state index in [1.165, 1.54) is 74.5 Å². The summed E-state index contributed by atoms with van der Waals surface area (Å²) in [5, 5.41) is 9.04. The van der Waals surface area contributed by atoms with Gasteiger partial charge in [0, 0.05) is 5.56 Å². The first-order valence-corrected chi connectivity index (χ1v) is 13.5. The maximum absolute atomic E-state index is 6.34. The molecule has 2 aromatic rings. The minimum Gasteiger partial charge on any atom is -0.493 e. The Balaban J connectivity index is 1.92. The van der Waals surface area contributed by atoms with Crippen LogP contribution in [0.4, 0.5) is 11.4 Å². The number of unbranched alkanes of at least 4 members (excludes halogenated alkanes) is 9. The van der Waals surface area contributed by atoms with Crippen molar-refractivity contribution >= 4 is 11.4 Å². The van der Waals surface area contributed by atoms with Crippen molar-refractivity contribution in [3.05, 3.63) is 52.6 Å². The van der Waals surface area contributed by atoms with Gasteiger partial charge in [-0.3, -0.25) is 0 Å². The lowest BCUT2D eigenvalue weighted by molar-refractivity contribution is 0.294. The van der Waals surface area contributed by atoms with Crippen LogP contribution in [-0.2, 0) is 5.41 Å². The van der Waals surface area contributed by atoms with Crippen LogP contribution in [0, 0.1) is 20.8 Å². The standard InChI is InChI=1S/C31H48N2O/c1-8-9-10-11-12-13-14-15-16-17-20-34-30-26(4)22-28(23-29(30)31(5,6)7)33-32-27-19-18-24(2)25(3)21-27/h18-19,21-23H,8-17,20H2,1-7H3. The van der Waals surface area contributed by atoms with Crippen molar-refractivity contribution in [2.45, 2.75) is 118 Å². The van der Waals surface area contributed by atoms with Gasteiger partial charge in [-0.2, -0.15) is 10.2 Å². The molecular weight excluding hydrogens is 416 g/mol. The Morgan fingerprint density at radius 2 is 1.21 bits per heavy atom. The minimum atomic E-state index is -0.0240. The molecule has 0 saturated carbocycles. The van der Waals surface area contributed by atoms with E-state index in [9.17, 15) is 0 Å². The van der Waals surface area contributed by atoms with Crippen LogP contribution in [-0.4, -0.2) is 6.61 Å². The highest BCUT2D eigenvalue weighted by molar-refractivity contribution is 5.55. The SMILES string of the molecule is CCCCCCCCCCCCOc1c(C)cc(N=Nc2ccc(C)c(C)c2)cc1C(C)(C)C. The Labute approximate surface area is 209 Å². The lowest BCUT2D eigenvalue weighted by Gasteiger charge is -2.24. The third-order valence-corrected chi connectivity index (χ3v) is 6.58. The summed E-state index contributed by atoms with van der Waals surface area (Å²) >= 11 is 0. The van der Waals surface area contributed by atoms with Crippen molar-refractivity contribution in [1.29, 1.82) is 0 Å². The van der Waals surface area contributed by atoms with Crippen molar-refractivity contribution < 1.29 is 4.74 Å². The van der Waals surface area contributed by atoms with Crippen LogP contribution in [0.5, 0.6) is 5.75 Å². The lowest BCUT2D eigenvalue weighted by Crippen LogP contribution is -2.14. The zero-order valence-corrected chi connectivity index (χ0v) is 23.0. The van der Waals surface area contributed by atoms with Crippen LogP contribution in [0.15, 0.2) is 40.6 Å². The summed E-state index contributed by atoms with van der Waals surface area (Å²) in [6, 6.07) is 10.4. The van der Waals surface area contributed by atoms with Gasteiger partial charge in [0.2, 0.25) is 0 Å². The van der Waals surface area contributed by atoms with Crippen molar-refractivity contribution in [1.82, 2.24) is 0 Å². The van der Waals surface area contributed by atoms with E-state index < -0.39 is 0 Å². The predicted octanol–water partition coefficient (Wildman–Crippen LogP) is 10.6. The van der Waals surface area contributed by atoms with E-state index in [1.807, 2.05) is 6.07 Å². The zero-order chi connectivity index (χ0) is 25.0. The summed E-state index contributed by atoms with van der Waals surface area (Å²) in [5.74, 6) is 1.02. The van der Waals surface area contributed by atoms with E-state index in [2.05, 4.69) is 83.0 Å². The van der Waals surface area contributed by atoms with Crippen LogP contribution in [0.3, 0.4) is 0 Å². The molecular formula is C31H48N2O. The Hall–Kier alpha value is -2.16. The predicted molar refractivity (Wildman–Crippen MR) is 147 cm³/mol. The molecule has 0 heterocycles. The van der Waals surface area contributed by atoms with Crippen molar-refractivity contribution in [3.63, 3.8) is 0 Å². The molecule has 0 atom stereocenters. The second-order valence-corrected chi connectivity index (χ2v) is 10.9. The smallest absolute Gasteiger partial charge is 0.126 e. The lowest BCUT2D eigenvalue weighted by atomic mass is 9.85. The van der Waals surface area contributed by atoms with Crippen molar-refractivity contribution in [2.24, 2.45) is 10.2 Å². The number of ether oxygens (including phenoxy) is 1. The van der Waals surface area contributed by atoms with E-state index in [-0.39, 0.29) is 5.41 Å². The summed E-state index contributed by atoms with van der Waals surface area (Å²) in [4.78, 5) is 0. The fraction of sp³-hybridized carbons (Fsp3) is 0.613. The highest BCUT2D eigenvalue weighted by atomic mass is 16.5. The number of benzene rings is 2. The van der Waals surface area contributed by atoms with Crippen molar-refractivity contribution in [3.8, 4) is 5.75 Å². The largest absolute Gasteiger partial charge is 0.493 e. The van der Waals surface area contributed by atoms with E-state index in [0.29, 0.717) is 0 Å². The third kappa shape index (κ3) is 9.60. The summed E-state index contributed by atoms with van der Waals surface area (Å²) in [5.41, 5.74) is 6.59. The molecule has 0 unspecified atom stereocenters. The van der Waals surface area contributed by atoms with Crippen LogP contribution < -0.4 is 4.74 Å². The van der Waals surface area contributed by atoms with E-state index in [0.717, 1.165) is 35.7 Å². The molecule has 0 fully saturated rings. The van der Waals surface area contributed by atoms with Gasteiger partial charge in [-0.25, -0.2) is 0 Å². The summed E-state index contributed by atoms with van der Waals surface area (Å²) in [7, 11) is 0. The molecule has 0 radical (unpaired) electrons. The fourth-order valence-corrected chi connectivity index (χ4v) is 4.23. The average Bonchev–Trinajstić information content (AvgIpc) is 2.78. The van der Waals surface area contributed by atoms with Gasteiger partial charge >= 0.3 is 0 Å². The average molecular weight is 465 g/mol. The second kappa shape index (κ2) is 14.3. The molecule has 34 heavy (non-hydrogen) atoms. The number of hydrogen-bond acceptors (Lipinski definition) is 3. The van der Waals surface area contributed by atoms with Gasteiger partial charge in [-0.05, 0) is 73.6 Å². The summed E-state index contributed by atoms with van der Waals surface area (Å²) in [6.45, 7) is 16.1. The number of aryl methyl sites for hydroxylation is 3. The molecule has 0 spiro atoms. The zero-order valence-electron chi connectivity index (χ0n) is 23.0. The molecule has 0 aliphatic heterocycles. The first-order chi connectivity index (χ1) is 16.2. The van der Waals surface area contributed by atoms with Gasteiger partial charge in [0.15, 0.2) is 0 Å². The van der Waals surface area contributed by atoms with Crippen LogP contribution in [0.2, 0.25) is 0 Å². The highest BCUT2D eigenvalue weighted by Crippen LogP contribution is 2.38. The minimum absolute atomic E-state index is 0.0240. The Morgan fingerprint density at radius 1 is 0.647 bits per heavy atom. The monoisotopic (exact) mass is 464 g/mol.